The van der Waals surface area contributed by atoms with Crippen molar-refractivity contribution < 1.29 is 9.59 Å². The molecule has 142 valence electrons. The molecule has 0 radical (unpaired) electrons. The minimum atomic E-state index is -0.107. The van der Waals surface area contributed by atoms with Gasteiger partial charge in [-0.15, -0.1) is 35.5 Å². The Balaban J connectivity index is 0.00000338. The van der Waals surface area contributed by atoms with Crippen LogP contribution in [0.15, 0.2) is 46.0 Å². The van der Waals surface area contributed by atoms with E-state index < -0.39 is 0 Å². The molecule has 0 bridgehead atoms. The summed E-state index contributed by atoms with van der Waals surface area (Å²) in [7, 11) is 0. The van der Waals surface area contributed by atoms with E-state index in [1.165, 1.54) is 11.8 Å². The monoisotopic (exact) mass is 413 g/mol. The number of hydrogen-bond acceptors (Lipinski definition) is 5. The van der Waals surface area contributed by atoms with Crippen molar-refractivity contribution >= 4 is 53.0 Å². The van der Waals surface area contributed by atoms with E-state index in [-0.39, 0.29) is 24.2 Å². The van der Waals surface area contributed by atoms with Gasteiger partial charge in [-0.25, -0.2) is 0 Å². The number of halogens is 1. The van der Waals surface area contributed by atoms with Crippen LogP contribution in [-0.4, -0.2) is 37.2 Å². The van der Waals surface area contributed by atoms with Gasteiger partial charge in [-0.1, -0.05) is 13.0 Å². The van der Waals surface area contributed by atoms with E-state index >= 15 is 0 Å². The van der Waals surface area contributed by atoms with E-state index in [9.17, 15) is 9.59 Å². The highest BCUT2D eigenvalue weighted by Gasteiger charge is 2.07. The fourth-order valence-electron chi connectivity index (χ4n) is 2.05. The van der Waals surface area contributed by atoms with Crippen molar-refractivity contribution in [3.63, 3.8) is 0 Å². The fourth-order valence-corrected chi connectivity index (χ4v) is 3.64. The predicted octanol–water partition coefficient (Wildman–Crippen LogP) is 3.63. The number of amides is 2. The maximum absolute atomic E-state index is 12.0. The van der Waals surface area contributed by atoms with Crippen LogP contribution in [0.25, 0.3) is 0 Å². The Labute approximate surface area is 168 Å². The third-order valence-electron chi connectivity index (χ3n) is 3.29. The third kappa shape index (κ3) is 8.23. The zero-order chi connectivity index (χ0) is 17.9. The van der Waals surface area contributed by atoms with Crippen LogP contribution in [0.1, 0.15) is 23.7 Å². The van der Waals surface area contributed by atoms with Crippen LogP contribution in [0, 0.1) is 0 Å². The number of carbonyl (C=O) groups is 2. The Morgan fingerprint density at radius 3 is 2.50 bits per heavy atom. The molecular weight excluding hydrogens is 390 g/mol. The van der Waals surface area contributed by atoms with Crippen LogP contribution < -0.4 is 16.0 Å². The Hall–Kier alpha value is -1.54. The number of thioether (sulfide) groups is 1. The molecular formula is C18H24ClN3O2S2. The van der Waals surface area contributed by atoms with Crippen molar-refractivity contribution in [1.29, 1.82) is 0 Å². The summed E-state index contributed by atoms with van der Waals surface area (Å²) in [5.41, 5.74) is 1.28. The van der Waals surface area contributed by atoms with Gasteiger partial charge in [-0.05, 0) is 48.7 Å². The van der Waals surface area contributed by atoms with Gasteiger partial charge in [0.15, 0.2) is 0 Å². The van der Waals surface area contributed by atoms with Crippen LogP contribution in [0.3, 0.4) is 0 Å². The second-order valence-electron chi connectivity index (χ2n) is 5.35. The normalized spacial score (nSPS) is 10.0. The first-order valence-corrected chi connectivity index (χ1v) is 10.1. The van der Waals surface area contributed by atoms with E-state index in [2.05, 4.69) is 22.9 Å². The molecule has 1 aromatic heterocycles. The Kier molecular flexibility index (Phi) is 11.0. The van der Waals surface area contributed by atoms with Crippen LogP contribution in [0.4, 0.5) is 5.69 Å². The van der Waals surface area contributed by atoms with Crippen molar-refractivity contribution in [3.05, 3.63) is 47.3 Å². The van der Waals surface area contributed by atoms with Crippen molar-refractivity contribution in [3.8, 4) is 0 Å². The van der Waals surface area contributed by atoms with Gasteiger partial charge in [0.05, 0.1) is 9.96 Å². The molecule has 0 saturated heterocycles. The number of benzene rings is 1. The minimum Gasteiger partial charge on any atom is -0.351 e. The molecule has 0 aliphatic heterocycles. The molecule has 1 aromatic carbocycles. The van der Waals surface area contributed by atoms with Crippen LogP contribution in [0.5, 0.6) is 0 Å². The molecule has 5 nitrogen and oxygen atoms in total. The van der Waals surface area contributed by atoms with Gasteiger partial charge in [-0.2, -0.15) is 0 Å². The lowest BCUT2D eigenvalue weighted by molar-refractivity contribution is -0.113. The predicted molar refractivity (Wildman–Crippen MR) is 113 cm³/mol. The summed E-state index contributed by atoms with van der Waals surface area (Å²) in [5.74, 6) is 0.204. The second-order valence-corrected chi connectivity index (χ2v) is 7.58. The summed E-state index contributed by atoms with van der Waals surface area (Å²) in [6.45, 7) is 4.41. The molecule has 8 heteroatoms. The maximum Gasteiger partial charge on any atom is 0.251 e. The molecule has 26 heavy (non-hydrogen) atoms. The highest BCUT2D eigenvalue weighted by atomic mass is 35.5. The Morgan fingerprint density at radius 1 is 1.08 bits per heavy atom. The molecule has 1 heterocycles. The largest absolute Gasteiger partial charge is 0.351 e. The molecule has 0 spiro atoms. The van der Waals surface area contributed by atoms with Crippen LogP contribution in [0.2, 0.25) is 0 Å². The smallest absolute Gasteiger partial charge is 0.251 e. The van der Waals surface area contributed by atoms with Gasteiger partial charge in [0.1, 0.15) is 0 Å². The van der Waals surface area contributed by atoms with E-state index in [0.29, 0.717) is 23.5 Å². The number of nitrogens with one attached hydrogen (secondary N) is 3. The van der Waals surface area contributed by atoms with Gasteiger partial charge in [-0.3, -0.25) is 9.59 Å². The fraction of sp³-hybridized carbons (Fsp3) is 0.333. The van der Waals surface area contributed by atoms with Crippen molar-refractivity contribution in [2.75, 3.05) is 30.7 Å². The second kappa shape index (κ2) is 12.8. The summed E-state index contributed by atoms with van der Waals surface area (Å²) < 4.78 is 1.12. The highest BCUT2D eigenvalue weighted by molar-refractivity contribution is 8.01. The van der Waals surface area contributed by atoms with Crippen molar-refractivity contribution in [2.24, 2.45) is 0 Å². The molecule has 2 amide bonds. The minimum absolute atomic E-state index is 0. The molecule has 2 aromatic rings. The third-order valence-corrected chi connectivity index (χ3v) is 5.42. The van der Waals surface area contributed by atoms with Gasteiger partial charge in [0.2, 0.25) is 5.91 Å². The molecule has 0 aliphatic carbocycles. The summed E-state index contributed by atoms with van der Waals surface area (Å²) in [4.78, 5) is 24.0. The summed E-state index contributed by atoms with van der Waals surface area (Å²) in [5, 5.41) is 10.9. The number of carbonyl (C=O) groups excluding carboxylic acids is 2. The molecule has 0 atom stereocenters. The van der Waals surface area contributed by atoms with Gasteiger partial charge in [0, 0.05) is 24.3 Å². The zero-order valence-corrected chi connectivity index (χ0v) is 17.1. The first-order valence-electron chi connectivity index (χ1n) is 8.24. The average molecular weight is 414 g/mol. The van der Waals surface area contributed by atoms with Gasteiger partial charge < -0.3 is 16.0 Å². The lowest BCUT2D eigenvalue weighted by atomic mass is 10.2. The Morgan fingerprint density at radius 2 is 1.85 bits per heavy atom. The first-order chi connectivity index (χ1) is 12.2. The highest BCUT2D eigenvalue weighted by Crippen LogP contribution is 2.23. The van der Waals surface area contributed by atoms with Crippen molar-refractivity contribution in [2.45, 2.75) is 17.6 Å². The topological polar surface area (TPSA) is 70.2 Å². The summed E-state index contributed by atoms with van der Waals surface area (Å²) >= 11 is 3.13. The summed E-state index contributed by atoms with van der Waals surface area (Å²) in [6, 6.07) is 10.9. The summed E-state index contributed by atoms with van der Waals surface area (Å²) in [6.07, 6.45) is 1.08. The molecule has 0 fully saturated rings. The zero-order valence-electron chi connectivity index (χ0n) is 14.6. The molecule has 0 aliphatic rings. The SMILES string of the molecule is CCCNCCNC(=O)c1ccc(NC(=O)CSc2cccs2)cc1.Cl. The van der Waals surface area contributed by atoms with Crippen LogP contribution in [-0.2, 0) is 4.79 Å². The van der Waals surface area contributed by atoms with E-state index in [1.807, 2.05) is 17.5 Å². The lowest BCUT2D eigenvalue weighted by Gasteiger charge is -2.08. The Bertz CT molecular complexity index is 664. The molecule has 3 N–H and O–H groups in total. The number of anilines is 1. The van der Waals surface area contributed by atoms with Gasteiger partial charge >= 0.3 is 0 Å². The quantitative estimate of drug-likeness (QED) is 0.411. The lowest BCUT2D eigenvalue weighted by Crippen LogP contribution is -2.32. The molecule has 2 rings (SSSR count). The molecule has 0 unspecified atom stereocenters. The average Bonchev–Trinajstić information content (AvgIpc) is 3.14. The number of hydrogen-bond donors (Lipinski definition) is 3. The van der Waals surface area contributed by atoms with Crippen molar-refractivity contribution in [1.82, 2.24) is 10.6 Å². The number of rotatable bonds is 10. The maximum atomic E-state index is 12.0. The van der Waals surface area contributed by atoms with Crippen LogP contribution >= 0.6 is 35.5 Å². The van der Waals surface area contributed by atoms with E-state index in [4.69, 9.17) is 0 Å². The number of thiophene rings is 1. The van der Waals surface area contributed by atoms with E-state index in [1.54, 1.807) is 35.6 Å². The van der Waals surface area contributed by atoms with Gasteiger partial charge in [0.25, 0.3) is 5.91 Å². The standard InChI is InChI=1S/C18H23N3O2S2.ClH/c1-2-9-19-10-11-20-18(23)14-5-7-15(8-6-14)21-16(22)13-25-17-4-3-12-24-17;/h3-8,12,19H,2,9-11,13H2,1H3,(H,20,23)(H,21,22);1H. The first kappa shape index (κ1) is 22.5. The molecule has 0 saturated carbocycles. The van der Waals surface area contributed by atoms with E-state index in [0.717, 1.165) is 23.7 Å².